The summed E-state index contributed by atoms with van der Waals surface area (Å²) >= 11 is 0. The van der Waals surface area contributed by atoms with E-state index in [0.29, 0.717) is 17.8 Å². The number of alkyl halides is 3. The lowest BCUT2D eigenvalue weighted by molar-refractivity contribution is -0.137. The summed E-state index contributed by atoms with van der Waals surface area (Å²) in [5.41, 5.74) is 2.57. The molecule has 0 bridgehead atoms. The second kappa shape index (κ2) is 6.27. The lowest BCUT2D eigenvalue weighted by atomic mass is 10.0. The van der Waals surface area contributed by atoms with E-state index in [1.165, 1.54) is 18.2 Å². The third-order valence-electron chi connectivity index (χ3n) is 4.21. The van der Waals surface area contributed by atoms with Gasteiger partial charge in [0.05, 0.1) is 5.56 Å². The molecule has 0 unspecified atom stereocenters. The molecular weight excluding hydrogens is 331 g/mol. The molecule has 130 valence electrons. The van der Waals surface area contributed by atoms with Crippen molar-refractivity contribution in [1.29, 1.82) is 0 Å². The van der Waals surface area contributed by atoms with Gasteiger partial charge in [-0.05, 0) is 54.8 Å². The van der Waals surface area contributed by atoms with Gasteiger partial charge in [-0.3, -0.25) is 0 Å². The summed E-state index contributed by atoms with van der Waals surface area (Å²) in [6.07, 6.45) is -4.36. The first kappa shape index (κ1) is 17.1. The fourth-order valence-electron chi connectivity index (χ4n) is 2.65. The third kappa shape index (κ3) is 3.52. The highest BCUT2D eigenvalue weighted by atomic mass is 19.4. The van der Waals surface area contributed by atoms with Crippen LogP contribution in [0.1, 0.15) is 22.3 Å². The Labute approximate surface area is 142 Å². The first-order valence-corrected chi connectivity index (χ1v) is 7.70. The molecule has 1 heterocycles. The molecule has 0 amide bonds. The summed E-state index contributed by atoms with van der Waals surface area (Å²) in [5.74, 6) is 0. The van der Waals surface area contributed by atoms with Crippen molar-refractivity contribution in [2.24, 2.45) is 0 Å². The molecule has 0 radical (unpaired) electrons. The molecule has 0 spiro atoms. The summed E-state index contributed by atoms with van der Waals surface area (Å²) < 4.78 is 43.1. The highest BCUT2D eigenvalue weighted by Gasteiger charge is 2.29. The maximum absolute atomic E-state index is 12.6. The largest absolute Gasteiger partial charge is 0.422 e. The van der Waals surface area contributed by atoms with Gasteiger partial charge in [0, 0.05) is 23.7 Å². The van der Waals surface area contributed by atoms with Crippen LogP contribution in [-0.2, 0) is 12.7 Å². The number of hydrogen-bond acceptors (Lipinski definition) is 3. The van der Waals surface area contributed by atoms with Gasteiger partial charge in [-0.1, -0.05) is 12.1 Å². The van der Waals surface area contributed by atoms with Crippen molar-refractivity contribution in [3.05, 3.63) is 75.1 Å². The van der Waals surface area contributed by atoms with E-state index >= 15 is 0 Å². The number of hydrogen-bond donors (Lipinski definition) is 1. The minimum atomic E-state index is -4.36. The van der Waals surface area contributed by atoms with Crippen LogP contribution in [-0.4, -0.2) is 0 Å². The molecule has 1 N–H and O–H groups in total. The summed E-state index contributed by atoms with van der Waals surface area (Å²) in [5, 5.41) is 3.85. The minimum absolute atomic E-state index is 0.302. The van der Waals surface area contributed by atoms with Crippen LogP contribution in [0.25, 0.3) is 11.0 Å². The molecule has 0 aliphatic heterocycles. The number of anilines is 1. The van der Waals surface area contributed by atoms with Crippen molar-refractivity contribution in [2.75, 3.05) is 5.32 Å². The molecule has 3 aromatic rings. The van der Waals surface area contributed by atoms with Gasteiger partial charge in [-0.2, -0.15) is 13.2 Å². The van der Waals surface area contributed by atoms with Gasteiger partial charge in [0.25, 0.3) is 0 Å². The number of aryl methyl sites for hydroxylation is 2. The van der Waals surface area contributed by atoms with Crippen molar-refractivity contribution >= 4 is 16.7 Å². The van der Waals surface area contributed by atoms with Gasteiger partial charge in [0.15, 0.2) is 0 Å². The number of halogens is 3. The van der Waals surface area contributed by atoms with Crippen molar-refractivity contribution in [3.63, 3.8) is 0 Å². The van der Waals surface area contributed by atoms with Crippen LogP contribution in [0, 0.1) is 13.8 Å². The lowest BCUT2D eigenvalue weighted by Gasteiger charge is -2.12. The predicted molar refractivity (Wildman–Crippen MR) is 90.7 cm³/mol. The summed E-state index contributed by atoms with van der Waals surface area (Å²) in [6.45, 7) is 4.12. The first-order valence-electron chi connectivity index (χ1n) is 7.70. The molecule has 0 atom stereocenters. The molecule has 6 heteroatoms. The Morgan fingerprint density at radius 1 is 1.04 bits per heavy atom. The van der Waals surface area contributed by atoms with E-state index in [1.807, 2.05) is 26.0 Å². The Bertz CT molecular complexity index is 973. The molecule has 25 heavy (non-hydrogen) atoms. The van der Waals surface area contributed by atoms with Crippen LogP contribution in [0.3, 0.4) is 0 Å². The van der Waals surface area contributed by atoms with E-state index in [2.05, 4.69) is 5.32 Å². The third-order valence-corrected chi connectivity index (χ3v) is 4.21. The summed E-state index contributed by atoms with van der Waals surface area (Å²) in [4.78, 5) is 11.8. The molecule has 0 fully saturated rings. The highest BCUT2D eigenvalue weighted by molar-refractivity contribution is 5.84. The Balaban J connectivity index is 1.89. The number of benzene rings is 2. The van der Waals surface area contributed by atoms with Gasteiger partial charge in [-0.25, -0.2) is 4.79 Å². The topological polar surface area (TPSA) is 42.2 Å². The molecule has 1 aromatic heterocycles. The highest BCUT2D eigenvalue weighted by Crippen LogP contribution is 2.30. The smallest absolute Gasteiger partial charge is 0.416 e. The second-order valence-electron chi connectivity index (χ2n) is 5.90. The zero-order valence-corrected chi connectivity index (χ0v) is 13.7. The van der Waals surface area contributed by atoms with Crippen LogP contribution in [0.2, 0.25) is 0 Å². The van der Waals surface area contributed by atoms with E-state index in [1.54, 1.807) is 0 Å². The van der Waals surface area contributed by atoms with Crippen LogP contribution in [0.4, 0.5) is 18.9 Å². The normalized spacial score (nSPS) is 11.7. The quantitative estimate of drug-likeness (QED) is 0.675. The fourth-order valence-corrected chi connectivity index (χ4v) is 2.65. The van der Waals surface area contributed by atoms with Gasteiger partial charge >= 0.3 is 11.8 Å². The van der Waals surface area contributed by atoms with E-state index in [4.69, 9.17) is 4.42 Å². The van der Waals surface area contributed by atoms with Crippen molar-refractivity contribution < 1.29 is 17.6 Å². The zero-order chi connectivity index (χ0) is 18.2. The molecule has 0 aliphatic rings. The summed E-state index contributed by atoms with van der Waals surface area (Å²) in [7, 11) is 0. The molecular formula is C19H16F3NO2. The van der Waals surface area contributed by atoms with E-state index in [0.717, 1.165) is 34.2 Å². The molecule has 0 saturated carbocycles. The number of nitrogens with one attached hydrogen (secondary N) is 1. The zero-order valence-electron chi connectivity index (χ0n) is 13.7. The van der Waals surface area contributed by atoms with E-state index in [-0.39, 0.29) is 0 Å². The SMILES string of the molecule is Cc1ccc2c(CNc3ccc(C(F)(F)F)cc3)cc(=O)oc2c1C. The number of rotatable bonds is 3. The van der Waals surface area contributed by atoms with Crippen molar-refractivity contribution in [1.82, 2.24) is 0 Å². The number of fused-ring (bicyclic) bond motifs is 1. The van der Waals surface area contributed by atoms with Crippen molar-refractivity contribution in [3.8, 4) is 0 Å². The first-order chi connectivity index (χ1) is 11.8. The van der Waals surface area contributed by atoms with Gasteiger partial charge in [0.1, 0.15) is 5.58 Å². The Morgan fingerprint density at radius 2 is 1.72 bits per heavy atom. The Kier molecular flexibility index (Phi) is 4.29. The van der Waals surface area contributed by atoms with Crippen LogP contribution >= 0.6 is 0 Å². The average Bonchev–Trinajstić information content (AvgIpc) is 2.56. The van der Waals surface area contributed by atoms with Crippen molar-refractivity contribution in [2.45, 2.75) is 26.6 Å². The molecule has 0 aliphatic carbocycles. The van der Waals surface area contributed by atoms with E-state index < -0.39 is 17.4 Å². The van der Waals surface area contributed by atoms with E-state index in [9.17, 15) is 18.0 Å². The maximum Gasteiger partial charge on any atom is 0.416 e. The van der Waals surface area contributed by atoms with Crippen LogP contribution < -0.4 is 10.9 Å². The Hall–Kier alpha value is -2.76. The monoisotopic (exact) mass is 347 g/mol. The predicted octanol–water partition coefficient (Wildman–Crippen LogP) is 5.04. The van der Waals surface area contributed by atoms with Crippen LogP contribution in [0.15, 0.2) is 51.7 Å². The standard InChI is InChI=1S/C19H16F3NO2/c1-11-3-8-16-13(9-17(24)25-18(16)12(11)2)10-23-15-6-4-14(5-7-15)19(20,21)22/h3-9,23H,10H2,1-2H3. The van der Waals surface area contributed by atoms with Gasteiger partial charge < -0.3 is 9.73 Å². The second-order valence-corrected chi connectivity index (χ2v) is 5.90. The molecule has 3 nitrogen and oxygen atoms in total. The Morgan fingerprint density at radius 3 is 2.36 bits per heavy atom. The average molecular weight is 347 g/mol. The molecule has 2 aromatic carbocycles. The molecule has 3 rings (SSSR count). The maximum atomic E-state index is 12.6. The molecule has 0 saturated heterocycles. The lowest BCUT2D eigenvalue weighted by Crippen LogP contribution is -2.07. The van der Waals surface area contributed by atoms with Gasteiger partial charge in [-0.15, -0.1) is 0 Å². The van der Waals surface area contributed by atoms with Gasteiger partial charge in [0.2, 0.25) is 0 Å². The summed E-state index contributed by atoms with van der Waals surface area (Å²) in [6, 6.07) is 10.00. The minimum Gasteiger partial charge on any atom is -0.422 e. The fraction of sp³-hybridized carbons (Fsp3) is 0.211. The van der Waals surface area contributed by atoms with Crippen LogP contribution in [0.5, 0.6) is 0 Å².